The van der Waals surface area contributed by atoms with Gasteiger partial charge in [0.2, 0.25) is 5.76 Å². The lowest BCUT2D eigenvalue weighted by atomic mass is 10.1. The van der Waals surface area contributed by atoms with Crippen molar-refractivity contribution in [3.63, 3.8) is 0 Å². The van der Waals surface area contributed by atoms with Crippen LogP contribution in [-0.4, -0.2) is 23.8 Å². The van der Waals surface area contributed by atoms with Gasteiger partial charge in [-0.05, 0) is 38.1 Å². The maximum absolute atomic E-state index is 12.3. The molecule has 2 aromatic carbocycles. The molecule has 0 aliphatic carbocycles. The Kier molecular flexibility index (Phi) is 6.08. The second kappa shape index (κ2) is 8.88. The second-order valence-corrected chi connectivity index (χ2v) is 6.49. The second-order valence-electron chi connectivity index (χ2n) is 6.49. The molecule has 0 aliphatic rings. The lowest BCUT2D eigenvalue weighted by Gasteiger charge is -2.13. The van der Waals surface area contributed by atoms with E-state index in [4.69, 9.17) is 14.4 Å². The number of carbonyl (C=O) groups excluding carboxylic acids is 3. The molecular formula is C23H18N2O5. The molecule has 0 saturated carbocycles. The number of nitrogens with one attached hydrogen (secondary N) is 1. The number of ether oxygens (including phenoxy) is 1. The molecule has 0 spiro atoms. The topological polar surface area (TPSA) is 109 Å². The lowest BCUT2D eigenvalue weighted by molar-refractivity contribution is -0.123. The number of furan rings is 1. The third kappa shape index (κ3) is 4.62. The zero-order valence-corrected chi connectivity index (χ0v) is 16.3. The molecule has 3 aromatic rings. The molecule has 0 bridgehead atoms. The molecule has 0 unspecified atom stereocenters. The standard InChI is InChI=1S/C23H18N2O5/c1-14(26)16-7-9-17(10-8-16)20-11-12-21(30-20)23(28)29-15(2)22(27)25-19-6-4-3-5-18(19)13-24/h3-12,15H,1-2H3,(H,25,27)/t15-/m0/s1. The maximum Gasteiger partial charge on any atom is 0.375 e. The summed E-state index contributed by atoms with van der Waals surface area (Å²) >= 11 is 0. The van der Waals surface area contributed by atoms with E-state index in [0.29, 0.717) is 28.1 Å². The Morgan fingerprint density at radius 2 is 1.73 bits per heavy atom. The summed E-state index contributed by atoms with van der Waals surface area (Å²) < 4.78 is 10.7. The van der Waals surface area contributed by atoms with Crippen LogP contribution >= 0.6 is 0 Å². The first-order valence-corrected chi connectivity index (χ1v) is 9.11. The van der Waals surface area contributed by atoms with Crippen molar-refractivity contribution in [1.29, 1.82) is 5.26 Å². The van der Waals surface area contributed by atoms with Gasteiger partial charge >= 0.3 is 5.97 Å². The number of esters is 1. The number of anilines is 1. The van der Waals surface area contributed by atoms with Gasteiger partial charge in [-0.2, -0.15) is 5.26 Å². The number of Topliss-reactive ketones (excluding diaryl/α,β-unsaturated/α-hetero) is 1. The molecule has 1 heterocycles. The van der Waals surface area contributed by atoms with Crippen LogP contribution in [0.4, 0.5) is 5.69 Å². The Bertz CT molecular complexity index is 1140. The van der Waals surface area contributed by atoms with Crippen molar-refractivity contribution in [2.45, 2.75) is 20.0 Å². The van der Waals surface area contributed by atoms with E-state index in [1.165, 1.54) is 19.9 Å². The molecule has 1 atom stereocenters. The molecule has 1 aromatic heterocycles. The van der Waals surface area contributed by atoms with Crippen molar-refractivity contribution in [3.8, 4) is 17.4 Å². The Balaban J connectivity index is 1.65. The highest BCUT2D eigenvalue weighted by atomic mass is 16.6. The quantitative estimate of drug-likeness (QED) is 0.489. The van der Waals surface area contributed by atoms with Gasteiger partial charge in [-0.1, -0.05) is 36.4 Å². The van der Waals surface area contributed by atoms with E-state index in [1.54, 1.807) is 54.6 Å². The summed E-state index contributed by atoms with van der Waals surface area (Å²) in [6, 6.07) is 18.3. The molecule has 7 nitrogen and oxygen atoms in total. The minimum atomic E-state index is -1.10. The van der Waals surface area contributed by atoms with Crippen LogP contribution in [-0.2, 0) is 9.53 Å². The minimum Gasteiger partial charge on any atom is -0.449 e. The number of amides is 1. The van der Waals surface area contributed by atoms with Gasteiger partial charge in [0.1, 0.15) is 11.8 Å². The number of rotatable bonds is 6. The van der Waals surface area contributed by atoms with Crippen LogP contribution in [0.5, 0.6) is 0 Å². The van der Waals surface area contributed by atoms with E-state index in [0.717, 1.165) is 0 Å². The van der Waals surface area contributed by atoms with Crippen molar-refractivity contribution < 1.29 is 23.5 Å². The van der Waals surface area contributed by atoms with Gasteiger partial charge in [-0.3, -0.25) is 9.59 Å². The third-order valence-electron chi connectivity index (χ3n) is 4.34. The molecule has 1 N–H and O–H groups in total. The summed E-state index contributed by atoms with van der Waals surface area (Å²) in [6.07, 6.45) is -1.10. The van der Waals surface area contributed by atoms with Gasteiger partial charge < -0.3 is 14.5 Å². The summed E-state index contributed by atoms with van der Waals surface area (Å²) in [5.74, 6) is -1.04. The average Bonchev–Trinajstić information content (AvgIpc) is 3.24. The van der Waals surface area contributed by atoms with E-state index in [-0.39, 0.29) is 11.5 Å². The predicted octanol–water partition coefficient (Wildman–Crippen LogP) is 4.20. The highest BCUT2D eigenvalue weighted by Crippen LogP contribution is 2.23. The van der Waals surface area contributed by atoms with Crippen LogP contribution in [0, 0.1) is 11.3 Å². The average molecular weight is 402 g/mol. The van der Waals surface area contributed by atoms with Gasteiger partial charge in [0.25, 0.3) is 5.91 Å². The molecule has 150 valence electrons. The number of hydrogen-bond donors (Lipinski definition) is 1. The zero-order chi connectivity index (χ0) is 21.7. The molecule has 0 aliphatic heterocycles. The number of ketones is 1. The van der Waals surface area contributed by atoms with Crippen LogP contribution in [0.3, 0.4) is 0 Å². The fourth-order valence-electron chi connectivity index (χ4n) is 2.67. The Labute approximate surface area is 172 Å². The van der Waals surface area contributed by atoms with E-state index < -0.39 is 18.0 Å². The van der Waals surface area contributed by atoms with Crippen molar-refractivity contribution in [1.82, 2.24) is 0 Å². The van der Waals surface area contributed by atoms with Crippen LogP contribution in [0.1, 0.15) is 40.3 Å². The Morgan fingerprint density at radius 3 is 2.40 bits per heavy atom. The predicted molar refractivity (Wildman–Crippen MR) is 109 cm³/mol. The Hall–Kier alpha value is -4.18. The SMILES string of the molecule is CC(=O)c1ccc(-c2ccc(C(=O)O[C@@H](C)C(=O)Nc3ccccc3C#N)o2)cc1. The number of nitriles is 1. The number of hydrogen-bond acceptors (Lipinski definition) is 6. The highest BCUT2D eigenvalue weighted by molar-refractivity contribution is 5.97. The first-order valence-electron chi connectivity index (χ1n) is 9.11. The monoisotopic (exact) mass is 402 g/mol. The van der Waals surface area contributed by atoms with E-state index >= 15 is 0 Å². The number of para-hydroxylation sites is 1. The van der Waals surface area contributed by atoms with Gasteiger partial charge in [-0.15, -0.1) is 0 Å². The largest absolute Gasteiger partial charge is 0.449 e. The van der Waals surface area contributed by atoms with Crippen molar-refractivity contribution >= 4 is 23.3 Å². The number of carbonyl (C=O) groups is 3. The molecule has 0 radical (unpaired) electrons. The fourth-order valence-corrected chi connectivity index (χ4v) is 2.67. The third-order valence-corrected chi connectivity index (χ3v) is 4.34. The summed E-state index contributed by atoms with van der Waals surface area (Å²) in [7, 11) is 0. The molecule has 7 heteroatoms. The first kappa shape index (κ1) is 20.6. The van der Waals surface area contributed by atoms with E-state index in [9.17, 15) is 14.4 Å². The van der Waals surface area contributed by atoms with Crippen LogP contribution in [0.25, 0.3) is 11.3 Å². The smallest absolute Gasteiger partial charge is 0.375 e. The van der Waals surface area contributed by atoms with Gasteiger partial charge in [0, 0.05) is 11.1 Å². The summed E-state index contributed by atoms with van der Waals surface area (Å²) in [5.41, 5.74) is 1.90. The molecular weight excluding hydrogens is 384 g/mol. The molecule has 0 fully saturated rings. The van der Waals surface area contributed by atoms with E-state index in [1.807, 2.05) is 6.07 Å². The molecule has 0 saturated heterocycles. The number of benzene rings is 2. The highest BCUT2D eigenvalue weighted by Gasteiger charge is 2.22. The molecule has 1 amide bonds. The van der Waals surface area contributed by atoms with E-state index in [2.05, 4.69) is 5.32 Å². The van der Waals surface area contributed by atoms with Crippen molar-refractivity contribution in [2.24, 2.45) is 0 Å². The Morgan fingerprint density at radius 1 is 1.03 bits per heavy atom. The minimum absolute atomic E-state index is 0.0464. The van der Waals surface area contributed by atoms with Gasteiger partial charge in [0.05, 0.1) is 11.3 Å². The maximum atomic E-state index is 12.3. The van der Waals surface area contributed by atoms with Crippen LogP contribution < -0.4 is 5.32 Å². The lowest BCUT2D eigenvalue weighted by Crippen LogP contribution is -2.30. The van der Waals surface area contributed by atoms with Gasteiger partial charge in [-0.25, -0.2) is 4.79 Å². The summed E-state index contributed by atoms with van der Waals surface area (Å²) in [6.45, 7) is 2.90. The van der Waals surface area contributed by atoms with Crippen molar-refractivity contribution in [3.05, 3.63) is 77.6 Å². The van der Waals surface area contributed by atoms with Crippen molar-refractivity contribution in [2.75, 3.05) is 5.32 Å². The normalized spacial score (nSPS) is 11.2. The zero-order valence-electron chi connectivity index (χ0n) is 16.3. The molecule has 3 rings (SSSR count). The van der Waals surface area contributed by atoms with Crippen LogP contribution in [0.2, 0.25) is 0 Å². The first-order chi connectivity index (χ1) is 14.4. The number of nitrogens with zero attached hydrogens (tertiary/aromatic N) is 1. The fraction of sp³-hybridized carbons (Fsp3) is 0.130. The van der Waals surface area contributed by atoms with Crippen LogP contribution in [0.15, 0.2) is 65.1 Å². The summed E-state index contributed by atoms with van der Waals surface area (Å²) in [4.78, 5) is 36.0. The van der Waals surface area contributed by atoms with Gasteiger partial charge in [0.15, 0.2) is 11.9 Å². The summed E-state index contributed by atoms with van der Waals surface area (Å²) in [5, 5.41) is 11.7. The molecule has 30 heavy (non-hydrogen) atoms.